The molecule has 0 bridgehead atoms. The third-order valence-electron chi connectivity index (χ3n) is 17.9. The third-order valence-corrected chi connectivity index (χ3v) is 17.9. The molecule has 2 unspecified atom stereocenters. The van der Waals surface area contributed by atoms with E-state index in [4.69, 9.17) is 18.9 Å². The second kappa shape index (κ2) is 71.4. The van der Waals surface area contributed by atoms with Gasteiger partial charge in [-0.1, -0.05) is 352 Å². The minimum atomic E-state index is -1.62. The summed E-state index contributed by atoms with van der Waals surface area (Å²) in [5.74, 6) is -2.25. The summed E-state index contributed by atoms with van der Waals surface area (Å²) in [7, 11) is 5.95. The lowest BCUT2D eigenvalue weighted by molar-refractivity contribution is -0.870. The molecule has 0 aliphatic rings. The van der Waals surface area contributed by atoms with Gasteiger partial charge in [0.1, 0.15) is 13.2 Å². The van der Waals surface area contributed by atoms with Crippen LogP contribution in [0.1, 0.15) is 399 Å². The molecule has 0 spiro atoms. The molecule has 0 aliphatic heterocycles. The highest BCUT2D eigenvalue weighted by Crippen LogP contribution is 2.19. The number of rotatable bonds is 74. The number of aliphatic carboxylic acids is 1. The van der Waals surface area contributed by atoms with Crippen molar-refractivity contribution < 1.29 is 42.9 Å². The number of quaternary nitrogens is 1. The molecule has 0 rings (SSSR count). The zero-order valence-electron chi connectivity index (χ0n) is 60.1. The minimum Gasteiger partial charge on any atom is -0.545 e. The molecule has 0 aliphatic carbocycles. The first kappa shape index (κ1) is 86.5. The van der Waals surface area contributed by atoms with E-state index in [-0.39, 0.29) is 32.2 Å². The van der Waals surface area contributed by atoms with Gasteiger partial charge < -0.3 is 33.3 Å². The Kier molecular flexibility index (Phi) is 69.4. The maximum absolute atomic E-state index is 13.0. The van der Waals surface area contributed by atoms with Gasteiger partial charge in [-0.2, -0.15) is 0 Å². The predicted octanol–water partition coefficient (Wildman–Crippen LogP) is 23.4. The highest BCUT2D eigenvalue weighted by atomic mass is 16.7. The summed E-state index contributed by atoms with van der Waals surface area (Å²) in [6.07, 6.45) is 88.3. The number of carboxylic acids is 1. The van der Waals surface area contributed by atoms with Crippen LogP contribution in [0.2, 0.25) is 0 Å². The lowest BCUT2D eigenvalue weighted by Gasteiger charge is -2.26. The van der Waals surface area contributed by atoms with Gasteiger partial charge in [-0.15, -0.1) is 0 Å². The van der Waals surface area contributed by atoms with Crippen molar-refractivity contribution in [2.45, 2.75) is 411 Å². The molecule has 0 aromatic carbocycles. The van der Waals surface area contributed by atoms with Crippen LogP contribution in [0.4, 0.5) is 0 Å². The van der Waals surface area contributed by atoms with Crippen molar-refractivity contribution >= 4 is 17.9 Å². The van der Waals surface area contributed by atoms with E-state index in [2.05, 4.69) is 50.3 Å². The molecule has 2 atom stereocenters. The lowest BCUT2D eigenvalue weighted by atomic mass is 10.0. The van der Waals surface area contributed by atoms with Gasteiger partial charge in [0.15, 0.2) is 12.4 Å². The number of ether oxygens (including phenoxy) is 4. The molecule has 0 radical (unpaired) electrons. The lowest BCUT2D eigenvalue weighted by Crippen LogP contribution is -2.44. The fourth-order valence-corrected chi connectivity index (χ4v) is 11.9. The summed E-state index contributed by atoms with van der Waals surface area (Å²) in [6.45, 7) is 4.81. The van der Waals surface area contributed by atoms with Crippen LogP contribution in [-0.4, -0.2) is 82.3 Å². The van der Waals surface area contributed by atoms with Crippen molar-refractivity contribution in [1.29, 1.82) is 0 Å². The number of hydrogen-bond acceptors (Lipinski definition) is 8. The van der Waals surface area contributed by atoms with E-state index in [9.17, 15) is 19.5 Å². The molecule has 0 aromatic heterocycles. The Hall–Kier alpha value is -2.49. The molecular formula is C80H151NO8. The largest absolute Gasteiger partial charge is 0.545 e. The van der Waals surface area contributed by atoms with E-state index < -0.39 is 24.3 Å². The molecular weight excluding hydrogens is 1100 g/mol. The molecule has 0 aromatic rings. The van der Waals surface area contributed by atoms with E-state index >= 15 is 0 Å². The number of esters is 2. The first-order chi connectivity index (χ1) is 43.6. The monoisotopic (exact) mass is 1250 g/mol. The van der Waals surface area contributed by atoms with Crippen molar-refractivity contribution in [1.82, 2.24) is 0 Å². The second-order valence-electron chi connectivity index (χ2n) is 28.0. The molecule has 0 heterocycles. The molecule has 9 nitrogen and oxygen atoms in total. The van der Waals surface area contributed by atoms with Crippen molar-refractivity contribution in [2.75, 3.05) is 47.5 Å². The Labute approximate surface area is 553 Å². The molecule has 89 heavy (non-hydrogen) atoms. The van der Waals surface area contributed by atoms with Gasteiger partial charge in [-0.25, -0.2) is 0 Å². The summed E-state index contributed by atoms with van der Waals surface area (Å²) in [4.78, 5) is 37.6. The normalized spacial score (nSPS) is 12.8. The molecule has 524 valence electrons. The van der Waals surface area contributed by atoms with Crippen molar-refractivity contribution in [3.8, 4) is 0 Å². The average molecular weight is 1260 g/mol. The van der Waals surface area contributed by atoms with E-state index in [0.717, 1.165) is 44.9 Å². The van der Waals surface area contributed by atoms with Crippen LogP contribution in [0.3, 0.4) is 0 Å². The smallest absolute Gasteiger partial charge is 0.306 e. The van der Waals surface area contributed by atoms with Crippen molar-refractivity contribution in [3.05, 3.63) is 36.5 Å². The molecule has 0 N–H and O–H groups in total. The van der Waals surface area contributed by atoms with Crippen LogP contribution in [0.15, 0.2) is 36.5 Å². The number of carboxylic acid groups (broad SMARTS) is 1. The first-order valence-corrected chi connectivity index (χ1v) is 39.1. The Bertz CT molecular complexity index is 1550. The van der Waals surface area contributed by atoms with E-state index in [0.29, 0.717) is 17.4 Å². The van der Waals surface area contributed by atoms with E-state index in [1.165, 1.54) is 327 Å². The average Bonchev–Trinajstić information content (AvgIpc) is 3.64. The van der Waals surface area contributed by atoms with Crippen molar-refractivity contribution in [3.63, 3.8) is 0 Å². The second-order valence-corrected chi connectivity index (χ2v) is 28.0. The SMILES string of the molecule is CCCCCCC/C=C\C/C=C\CCCCCCCCCCCCCCCCCCCCCC(=O)OC(COC(=O)CCCCCCCCCCCCCCCCCCCCCCC/C=C\CCCCCCCCCC)COC(OCC[N+](C)(C)C)C(=O)[O-]. The van der Waals surface area contributed by atoms with Crippen LogP contribution in [0.25, 0.3) is 0 Å². The standard InChI is InChI=1S/C80H151NO8/c1-6-8-10-12-14-16-18-20-22-24-26-28-30-32-34-36-38-39-41-42-44-46-48-50-52-54-56-58-60-62-64-66-68-70-77(82)87-74-76(75-88-80(79(84)85)86-73-72-81(3,4)5)89-78(83)71-69-67-65-63-61-59-57-55-53-51-49-47-45-43-40-37-35-33-31-29-27-25-23-21-19-17-15-13-11-9-7-2/h19,21,24-27,76,80H,6-18,20,22-23,28-75H2,1-5H3/b21-19-,26-24-,27-25-. The number of hydrogen-bond donors (Lipinski definition) is 0. The fraction of sp³-hybridized carbons (Fsp3) is 0.887. The zero-order valence-corrected chi connectivity index (χ0v) is 60.1. The third kappa shape index (κ3) is 72.8. The molecule has 9 heteroatoms. The number of carbonyl (C=O) groups excluding carboxylic acids is 3. The maximum atomic E-state index is 13.0. The Morgan fingerprint density at radius 1 is 0.337 bits per heavy atom. The fourth-order valence-electron chi connectivity index (χ4n) is 11.9. The summed E-state index contributed by atoms with van der Waals surface area (Å²) in [5, 5.41) is 11.9. The highest BCUT2D eigenvalue weighted by molar-refractivity contribution is 5.70. The Morgan fingerprint density at radius 2 is 0.607 bits per heavy atom. The van der Waals surface area contributed by atoms with Gasteiger partial charge in [0.05, 0.1) is 40.3 Å². The Balaban J connectivity index is 3.99. The molecule has 0 fully saturated rings. The quantitative estimate of drug-likeness (QED) is 0.0195. The number of allylic oxidation sites excluding steroid dienone is 6. The molecule has 0 saturated heterocycles. The van der Waals surface area contributed by atoms with Gasteiger partial charge in [-0.05, 0) is 70.6 Å². The highest BCUT2D eigenvalue weighted by Gasteiger charge is 2.22. The summed E-state index contributed by atoms with van der Waals surface area (Å²) in [5.41, 5.74) is 0. The van der Waals surface area contributed by atoms with Gasteiger partial charge in [0.25, 0.3) is 0 Å². The minimum absolute atomic E-state index is 0.151. The topological polar surface area (TPSA) is 111 Å². The summed E-state index contributed by atoms with van der Waals surface area (Å²) >= 11 is 0. The van der Waals surface area contributed by atoms with Crippen LogP contribution in [0.5, 0.6) is 0 Å². The number of carbonyl (C=O) groups is 3. The molecule has 0 amide bonds. The summed E-state index contributed by atoms with van der Waals surface area (Å²) < 4.78 is 22.9. The van der Waals surface area contributed by atoms with Crippen LogP contribution in [-0.2, 0) is 33.3 Å². The number of nitrogens with zero attached hydrogens (tertiary/aromatic N) is 1. The van der Waals surface area contributed by atoms with Crippen LogP contribution >= 0.6 is 0 Å². The first-order valence-electron chi connectivity index (χ1n) is 39.1. The van der Waals surface area contributed by atoms with Gasteiger partial charge in [0.2, 0.25) is 0 Å². The summed E-state index contributed by atoms with van der Waals surface area (Å²) in [6, 6.07) is 0. The van der Waals surface area contributed by atoms with Crippen molar-refractivity contribution in [2.24, 2.45) is 0 Å². The van der Waals surface area contributed by atoms with E-state index in [1.54, 1.807) is 0 Å². The number of likely N-dealkylation sites (N-methyl/N-ethyl adjacent to an activating group) is 1. The van der Waals surface area contributed by atoms with Gasteiger partial charge in [-0.3, -0.25) is 9.59 Å². The van der Waals surface area contributed by atoms with Gasteiger partial charge >= 0.3 is 11.9 Å². The zero-order chi connectivity index (χ0) is 64.7. The molecule has 0 saturated carbocycles. The maximum Gasteiger partial charge on any atom is 0.306 e. The number of unbranched alkanes of at least 4 members (excludes halogenated alkanes) is 53. The van der Waals surface area contributed by atoms with E-state index in [1.807, 2.05) is 21.1 Å². The Morgan fingerprint density at radius 3 is 0.899 bits per heavy atom. The van der Waals surface area contributed by atoms with Crippen LogP contribution in [0, 0.1) is 0 Å². The predicted molar refractivity (Wildman–Crippen MR) is 380 cm³/mol. The van der Waals surface area contributed by atoms with Gasteiger partial charge in [0, 0.05) is 12.8 Å². The van der Waals surface area contributed by atoms with Crippen LogP contribution < -0.4 is 5.11 Å².